The maximum absolute atomic E-state index is 11.2. The van der Waals surface area contributed by atoms with Crippen molar-refractivity contribution in [2.45, 2.75) is 19.6 Å². The summed E-state index contributed by atoms with van der Waals surface area (Å²) in [4.78, 5) is 11.2. The van der Waals surface area contributed by atoms with Crippen LogP contribution in [-0.2, 0) is 6.61 Å². The molecule has 2 N–H and O–H groups in total. The third-order valence-electron chi connectivity index (χ3n) is 2.20. The quantitative estimate of drug-likeness (QED) is 0.783. The minimum absolute atomic E-state index is 0.0712. The Morgan fingerprint density at radius 2 is 2.31 bits per heavy atom. The molecule has 16 heavy (non-hydrogen) atoms. The summed E-state index contributed by atoms with van der Waals surface area (Å²) >= 11 is 0. The van der Waals surface area contributed by atoms with Crippen molar-refractivity contribution in [3.05, 3.63) is 34.4 Å². The lowest BCUT2D eigenvalue weighted by Gasteiger charge is -2.13. The van der Waals surface area contributed by atoms with Gasteiger partial charge < -0.3 is 19.4 Å². The van der Waals surface area contributed by atoms with E-state index in [0.717, 1.165) is 6.07 Å². The van der Waals surface area contributed by atoms with Crippen molar-refractivity contribution in [3.8, 4) is 5.75 Å². The molecule has 1 atom stereocenters. The van der Waals surface area contributed by atoms with Crippen molar-refractivity contribution in [1.82, 2.24) is 0 Å². The fourth-order valence-electron chi connectivity index (χ4n) is 1.28. The van der Waals surface area contributed by atoms with Crippen LogP contribution in [0.4, 0.5) is 0 Å². The Kier molecular flexibility index (Phi) is 3.87. The monoisotopic (exact) mass is 226 g/mol. The number of rotatable bonds is 4. The third kappa shape index (κ3) is 2.32. The van der Waals surface area contributed by atoms with E-state index in [1.807, 2.05) is 0 Å². The highest BCUT2D eigenvalue weighted by molar-refractivity contribution is 5.66. The molecule has 0 aromatic carbocycles. The van der Waals surface area contributed by atoms with Gasteiger partial charge in [0.2, 0.25) is 0 Å². The molecule has 0 amide bonds. The Morgan fingerprint density at radius 3 is 2.75 bits per heavy atom. The topological polar surface area (TPSA) is 79.9 Å². The van der Waals surface area contributed by atoms with E-state index in [2.05, 4.69) is 6.58 Å². The zero-order valence-corrected chi connectivity index (χ0v) is 9.19. The molecule has 0 unspecified atom stereocenters. The van der Waals surface area contributed by atoms with Gasteiger partial charge in [-0.25, -0.2) is 4.79 Å². The van der Waals surface area contributed by atoms with Gasteiger partial charge in [-0.15, -0.1) is 0 Å². The molecule has 1 aromatic heterocycles. The predicted octanol–water partition coefficient (Wildman–Crippen LogP) is 0.535. The van der Waals surface area contributed by atoms with Crippen molar-refractivity contribution in [2.24, 2.45) is 0 Å². The van der Waals surface area contributed by atoms with Gasteiger partial charge in [-0.1, -0.05) is 6.58 Å². The minimum atomic E-state index is -0.874. The highest BCUT2D eigenvalue weighted by atomic mass is 16.5. The van der Waals surface area contributed by atoms with E-state index in [0.29, 0.717) is 5.56 Å². The first-order chi connectivity index (χ1) is 7.51. The molecule has 0 saturated heterocycles. The Bertz CT molecular complexity index is 444. The van der Waals surface area contributed by atoms with Crippen LogP contribution in [0.25, 0.3) is 5.57 Å². The van der Waals surface area contributed by atoms with E-state index in [9.17, 15) is 15.0 Å². The number of hydrogen-bond acceptors (Lipinski definition) is 5. The second kappa shape index (κ2) is 4.96. The number of ether oxygens (including phenoxy) is 1. The van der Waals surface area contributed by atoms with Gasteiger partial charge in [0.1, 0.15) is 11.5 Å². The van der Waals surface area contributed by atoms with Crippen molar-refractivity contribution in [1.29, 1.82) is 0 Å². The smallest absolute Gasteiger partial charge is 0.339 e. The molecule has 88 valence electrons. The Morgan fingerprint density at radius 1 is 1.69 bits per heavy atom. The van der Waals surface area contributed by atoms with E-state index in [4.69, 9.17) is 9.15 Å². The SMILES string of the molecule is C=C(c1oc(=O)cc(OC)c1CO)[C@H](C)O. The van der Waals surface area contributed by atoms with Gasteiger partial charge in [-0.05, 0) is 6.92 Å². The summed E-state index contributed by atoms with van der Waals surface area (Å²) < 4.78 is 9.85. The van der Waals surface area contributed by atoms with Crippen LogP contribution in [0.1, 0.15) is 18.2 Å². The molecule has 0 aliphatic rings. The summed E-state index contributed by atoms with van der Waals surface area (Å²) in [6.45, 7) is 4.72. The molecular weight excluding hydrogens is 212 g/mol. The van der Waals surface area contributed by atoms with E-state index >= 15 is 0 Å². The van der Waals surface area contributed by atoms with Crippen LogP contribution < -0.4 is 10.4 Å². The van der Waals surface area contributed by atoms with Gasteiger partial charge in [-0.3, -0.25) is 0 Å². The van der Waals surface area contributed by atoms with Gasteiger partial charge >= 0.3 is 5.63 Å². The number of aliphatic hydroxyl groups excluding tert-OH is 2. The standard InChI is InChI=1S/C11H14O5/c1-6(7(2)13)11-8(5-12)9(15-3)4-10(14)16-11/h4,7,12-13H,1,5H2,2-3H3/t7-/m0/s1. The lowest BCUT2D eigenvalue weighted by molar-refractivity contribution is 0.245. The van der Waals surface area contributed by atoms with E-state index in [-0.39, 0.29) is 23.7 Å². The third-order valence-corrected chi connectivity index (χ3v) is 2.20. The van der Waals surface area contributed by atoms with Crippen LogP contribution in [0.3, 0.4) is 0 Å². The summed E-state index contributed by atoms with van der Waals surface area (Å²) in [5.41, 5.74) is -0.0982. The summed E-state index contributed by atoms with van der Waals surface area (Å²) in [5, 5.41) is 18.6. The van der Waals surface area contributed by atoms with Crippen molar-refractivity contribution in [3.63, 3.8) is 0 Å². The number of hydrogen-bond donors (Lipinski definition) is 2. The molecule has 0 fully saturated rings. The highest BCUT2D eigenvalue weighted by Crippen LogP contribution is 2.26. The highest BCUT2D eigenvalue weighted by Gasteiger charge is 2.18. The summed E-state index contributed by atoms with van der Waals surface area (Å²) in [5.74, 6) is 0.289. The first kappa shape index (κ1) is 12.5. The normalized spacial score (nSPS) is 12.2. The zero-order valence-electron chi connectivity index (χ0n) is 9.19. The van der Waals surface area contributed by atoms with E-state index in [1.165, 1.54) is 14.0 Å². The molecule has 1 aromatic rings. The Labute approximate surface area is 92.6 Å². The van der Waals surface area contributed by atoms with Gasteiger partial charge in [-0.2, -0.15) is 0 Å². The second-order valence-corrected chi connectivity index (χ2v) is 3.30. The first-order valence-corrected chi connectivity index (χ1v) is 4.70. The van der Waals surface area contributed by atoms with E-state index < -0.39 is 11.7 Å². The lowest BCUT2D eigenvalue weighted by atomic mass is 10.1. The maximum atomic E-state index is 11.2. The van der Waals surface area contributed by atoms with Crippen molar-refractivity contribution < 1.29 is 19.4 Å². The summed E-state index contributed by atoms with van der Waals surface area (Å²) in [6.07, 6.45) is -0.874. The molecule has 1 rings (SSSR count). The van der Waals surface area contributed by atoms with Crippen LogP contribution in [0.15, 0.2) is 21.9 Å². The zero-order chi connectivity index (χ0) is 12.3. The molecule has 0 aliphatic carbocycles. The Hall–Kier alpha value is -1.59. The fraction of sp³-hybridized carbons (Fsp3) is 0.364. The van der Waals surface area contributed by atoms with Gasteiger partial charge in [0.25, 0.3) is 0 Å². The molecule has 5 heteroatoms. The number of methoxy groups -OCH3 is 1. The molecular formula is C11H14O5. The predicted molar refractivity (Wildman–Crippen MR) is 58.2 cm³/mol. The van der Waals surface area contributed by atoms with Crippen LogP contribution in [-0.4, -0.2) is 23.4 Å². The maximum Gasteiger partial charge on any atom is 0.339 e. The summed E-state index contributed by atoms with van der Waals surface area (Å²) in [7, 11) is 1.38. The van der Waals surface area contributed by atoms with Crippen molar-refractivity contribution >= 4 is 5.57 Å². The van der Waals surface area contributed by atoms with Gasteiger partial charge in [0.15, 0.2) is 0 Å². The molecule has 0 radical (unpaired) electrons. The summed E-state index contributed by atoms with van der Waals surface area (Å²) in [6, 6.07) is 1.13. The van der Waals surface area contributed by atoms with Crippen LogP contribution in [0, 0.1) is 0 Å². The lowest BCUT2D eigenvalue weighted by Crippen LogP contribution is -2.11. The minimum Gasteiger partial charge on any atom is -0.496 e. The average molecular weight is 226 g/mol. The molecule has 0 saturated carbocycles. The van der Waals surface area contributed by atoms with Crippen LogP contribution in [0.2, 0.25) is 0 Å². The molecule has 0 spiro atoms. The number of aliphatic hydroxyl groups is 2. The first-order valence-electron chi connectivity index (χ1n) is 4.70. The van der Waals surface area contributed by atoms with E-state index in [1.54, 1.807) is 0 Å². The van der Waals surface area contributed by atoms with Crippen LogP contribution >= 0.6 is 0 Å². The molecule has 5 nitrogen and oxygen atoms in total. The average Bonchev–Trinajstić information content (AvgIpc) is 2.26. The molecule has 0 aliphatic heterocycles. The van der Waals surface area contributed by atoms with Crippen LogP contribution in [0.5, 0.6) is 5.75 Å². The molecule has 0 bridgehead atoms. The van der Waals surface area contributed by atoms with Gasteiger partial charge in [0.05, 0.1) is 31.5 Å². The largest absolute Gasteiger partial charge is 0.496 e. The van der Waals surface area contributed by atoms with Gasteiger partial charge in [0, 0.05) is 5.57 Å². The Balaban J connectivity index is 3.42. The molecule has 1 heterocycles. The second-order valence-electron chi connectivity index (χ2n) is 3.30. The van der Waals surface area contributed by atoms with Crippen molar-refractivity contribution in [2.75, 3.05) is 7.11 Å². The fourth-order valence-corrected chi connectivity index (χ4v) is 1.28.